The number of hydrogen-bond acceptors (Lipinski definition) is 4. The molecule has 8 heteroatoms. The zero-order valence-corrected chi connectivity index (χ0v) is 17.8. The molecule has 0 atom stereocenters. The number of halogens is 2. The average molecular weight is 445 g/mol. The molecule has 2 aromatic carbocycles. The fourth-order valence-corrected chi connectivity index (χ4v) is 5.33. The van der Waals surface area contributed by atoms with Crippen molar-refractivity contribution in [3.8, 4) is 0 Å². The summed E-state index contributed by atoms with van der Waals surface area (Å²) in [5.41, 5.74) is 4.17. The first-order valence-electron chi connectivity index (χ1n) is 9.46. The lowest BCUT2D eigenvalue weighted by molar-refractivity contribution is -0.116. The summed E-state index contributed by atoms with van der Waals surface area (Å²) in [6, 6.07) is 11.6. The number of nitrogens with one attached hydrogen (secondary N) is 2. The number of anilines is 1. The van der Waals surface area contributed by atoms with E-state index in [4.69, 9.17) is 23.2 Å². The number of aromatic nitrogens is 2. The molecule has 1 aliphatic rings. The predicted octanol–water partition coefficient (Wildman–Crippen LogP) is 4.88. The molecule has 0 bridgehead atoms. The molecule has 0 saturated carbocycles. The first kappa shape index (κ1) is 18.9. The van der Waals surface area contributed by atoms with Crippen molar-refractivity contribution < 1.29 is 4.79 Å². The van der Waals surface area contributed by atoms with Crippen molar-refractivity contribution in [2.75, 3.05) is 18.4 Å². The van der Waals surface area contributed by atoms with Crippen molar-refractivity contribution in [2.45, 2.75) is 19.4 Å². The molecular weight excluding hydrogens is 427 g/mol. The first-order valence-corrected chi connectivity index (χ1v) is 11.0. The van der Waals surface area contributed by atoms with E-state index in [0.717, 1.165) is 52.7 Å². The van der Waals surface area contributed by atoms with E-state index < -0.39 is 0 Å². The van der Waals surface area contributed by atoms with Gasteiger partial charge in [0, 0.05) is 24.0 Å². The molecule has 0 fully saturated rings. The van der Waals surface area contributed by atoms with Gasteiger partial charge in [-0.15, -0.1) is 0 Å². The van der Waals surface area contributed by atoms with E-state index >= 15 is 0 Å². The maximum Gasteiger partial charge on any atom is 0.246 e. The zero-order chi connectivity index (χ0) is 20.0. The van der Waals surface area contributed by atoms with Gasteiger partial charge in [0.1, 0.15) is 6.54 Å². The molecule has 4 aromatic rings. The Balaban J connectivity index is 1.51. The van der Waals surface area contributed by atoms with E-state index in [1.54, 1.807) is 6.07 Å². The van der Waals surface area contributed by atoms with Gasteiger partial charge in [-0.25, -0.2) is 4.98 Å². The lowest BCUT2D eigenvalue weighted by Gasteiger charge is -2.10. The minimum atomic E-state index is -0.105. The van der Waals surface area contributed by atoms with E-state index in [0.29, 0.717) is 15.2 Å². The van der Waals surface area contributed by atoms with Gasteiger partial charge in [0.05, 0.1) is 25.8 Å². The minimum absolute atomic E-state index is 0.105. The summed E-state index contributed by atoms with van der Waals surface area (Å²) in [5, 5.41) is 9.05. The first-order chi connectivity index (χ1) is 14.1. The number of carbonyl (C=O) groups is 1. The van der Waals surface area contributed by atoms with Crippen molar-refractivity contribution in [3.63, 3.8) is 0 Å². The molecule has 2 N–H and O–H groups in total. The van der Waals surface area contributed by atoms with Gasteiger partial charge in [0.15, 0.2) is 5.13 Å². The third-order valence-corrected chi connectivity index (χ3v) is 7.03. The third kappa shape index (κ3) is 3.40. The Labute approximate surface area is 181 Å². The largest absolute Gasteiger partial charge is 0.335 e. The highest BCUT2D eigenvalue weighted by Gasteiger charge is 2.23. The summed E-state index contributed by atoms with van der Waals surface area (Å²) in [6.07, 6.45) is 1.70. The lowest BCUT2D eigenvalue weighted by Crippen LogP contribution is -2.21. The van der Waals surface area contributed by atoms with Crippen LogP contribution in [0.15, 0.2) is 36.4 Å². The molecule has 0 unspecified atom stereocenters. The van der Waals surface area contributed by atoms with Crippen molar-refractivity contribution in [2.24, 2.45) is 0 Å². The van der Waals surface area contributed by atoms with Crippen LogP contribution in [-0.2, 0) is 24.2 Å². The third-order valence-electron chi connectivity index (χ3n) is 5.27. The molecular formula is C21H18Cl2N4OS. The van der Waals surface area contributed by atoms with E-state index in [2.05, 4.69) is 20.2 Å². The normalized spacial score (nSPS) is 14.1. The highest BCUT2D eigenvalue weighted by atomic mass is 35.5. The van der Waals surface area contributed by atoms with Crippen LogP contribution in [0, 0.1) is 0 Å². The van der Waals surface area contributed by atoms with Crippen molar-refractivity contribution in [3.05, 3.63) is 57.7 Å². The second-order valence-electron chi connectivity index (χ2n) is 7.05. The summed E-state index contributed by atoms with van der Waals surface area (Å²) in [7, 11) is 0. The molecule has 29 heavy (non-hydrogen) atoms. The average Bonchev–Trinajstić information content (AvgIpc) is 3.13. The predicted molar refractivity (Wildman–Crippen MR) is 120 cm³/mol. The Bertz CT molecular complexity index is 1210. The van der Waals surface area contributed by atoms with E-state index in [-0.39, 0.29) is 12.5 Å². The van der Waals surface area contributed by atoms with Crippen molar-refractivity contribution in [1.82, 2.24) is 14.9 Å². The molecule has 2 aromatic heterocycles. The monoisotopic (exact) mass is 444 g/mol. The van der Waals surface area contributed by atoms with E-state index in [9.17, 15) is 4.79 Å². The van der Waals surface area contributed by atoms with Crippen LogP contribution in [0.1, 0.15) is 11.3 Å². The Morgan fingerprint density at radius 3 is 2.86 bits per heavy atom. The summed E-state index contributed by atoms with van der Waals surface area (Å²) in [6.45, 7) is 1.96. The highest BCUT2D eigenvalue weighted by molar-refractivity contribution is 7.22. The molecule has 1 aliphatic heterocycles. The number of rotatable bonds is 3. The number of fused-ring (bicyclic) bond motifs is 4. The Hall–Kier alpha value is -2.12. The number of carbonyl (C=O) groups excluding carboxylic acids is 1. The second kappa shape index (κ2) is 7.61. The number of nitrogens with zero attached hydrogens (tertiary/aromatic N) is 2. The number of benzene rings is 2. The van der Waals surface area contributed by atoms with Crippen LogP contribution in [-0.4, -0.2) is 28.5 Å². The second-order valence-corrected chi connectivity index (χ2v) is 8.87. The van der Waals surface area contributed by atoms with Crippen molar-refractivity contribution >= 4 is 66.7 Å². The van der Waals surface area contributed by atoms with Gasteiger partial charge in [-0.1, -0.05) is 46.7 Å². The summed E-state index contributed by atoms with van der Waals surface area (Å²) < 4.78 is 3.12. The SMILES string of the molecule is O=C(Cn1c2c(c3c(Cl)c(Cl)ccc31)CCNCC2)Nc1nc2ccccc2s1. The van der Waals surface area contributed by atoms with E-state index in [1.165, 1.54) is 16.9 Å². The molecule has 0 aliphatic carbocycles. The number of amides is 1. The van der Waals surface area contributed by atoms with Gasteiger partial charge >= 0.3 is 0 Å². The van der Waals surface area contributed by atoms with Gasteiger partial charge in [-0.3, -0.25) is 4.79 Å². The molecule has 148 valence electrons. The van der Waals surface area contributed by atoms with Gasteiger partial charge in [0.25, 0.3) is 0 Å². The van der Waals surface area contributed by atoms with Crippen LogP contribution in [0.25, 0.3) is 21.1 Å². The quantitative estimate of drug-likeness (QED) is 0.473. The van der Waals surface area contributed by atoms with Crippen LogP contribution < -0.4 is 10.6 Å². The maximum atomic E-state index is 12.9. The summed E-state index contributed by atoms with van der Waals surface area (Å²) >= 11 is 14.3. The summed E-state index contributed by atoms with van der Waals surface area (Å²) in [5.74, 6) is -0.105. The van der Waals surface area contributed by atoms with Gasteiger partial charge in [-0.2, -0.15) is 0 Å². The number of para-hydroxylation sites is 1. The van der Waals surface area contributed by atoms with E-state index in [1.807, 2.05) is 30.3 Å². The lowest BCUT2D eigenvalue weighted by atomic mass is 10.1. The Kier molecular flexibility index (Phi) is 4.95. The van der Waals surface area contributed by atoms with Crippen LogP contribution in [0.5, 0.6) is 0 Å². The number of hydrogen-bond donors (Lipinski definition) is 2. The topological polar surface area (TPSA) is 59.0 Å². The minimum Gasteiger partial charge on any atom is -0.335 e. The molecule has 3 heterocycles. The number of thiazole rings is 1. The molecule has 5 nitrogen and oxygen atoms in total. The molecule has 1 amide bonds. The fourth-order valence-electron chi connectivity index (χ4n) is 4.01. The van der Waals surface area contributed by atoms with Crippen LogP contribution in [0.4, 0.5) is 5.13 Å². The summed E-state index contributed by atoms with van der Waals surface area (Å²) in [4.78, 5) is 17.4. The smallest absolute Gasteiger partial charge is 0.246 e. The highest BCUT2D eigenvalue weighted by Crippen LogP contribution is 2.37. The molecule has 0 saturated heterocycles. The van der Waals surface area contributed by atoms with Gasteiger partial charge in [-0.05, 0) is 42.8 Å². The Morgan fingerprint density at radius 2 is 2.00 bits per heavy atom. The molecule has 5 rings (SSSR count). The molecule has 0 radical (unpaired) electrons. The van der Waals surface area contributed by atoms with Crippen LogP contribution >= 0.6 is 34.5 Å². The zero-order valence-electron chi connectivity index (χ0n) is 15.5. The Morgan fingerprint density at radius 1 is 1.17 bits per heavy atom. The van der Waals surface area contributed by atoms with Gasteiger partial charge < -0.3 is 15.2 Å². The fraction of sp³-hybridized carbons (Fsp3) is 0.238. The standard InChI is InChI=1S/C21H18Cl2N4OS/c22-13-5-6-16-19(20(13)23)12-7-9-24-10-8-15(12)27(16)11-18(28)26-21-25-14-3-1-2-4-17(14)29-21/h1-6,24H,7-11H2,(H,25,26,28). The molecule has 0 spiro atoms. The van der Waals surface area contributed by atoms with Gasteiger partial charge in [0.2, 0.25) is 5.91 Å². The maximum absolute atomic E-state index is 12.9. The van der Waals surface area contributed by atoms with Crippen LogP contribution in [0.3, 0.4) is 0 Å². The van der Waals surface area contributed by atoms with Crippen molar-refractivity contribution in [1.29, 1.82) is 0 Å². The van der Waals surface area contributed by atoms with Crippen LogP contribution in [0.2, 0.25) is 10.0 Å².